The van der Waals surface area contributed by atoms with Crippen LogP contribution in [0.2, 0.25) is 0 Å². The smallest absolute Gasteiger partial charge is 0.159 e. The predicted octanol–water partition coefficient (Wildman–Crippen LogP) is 3.42. The zero-order valence-corrected chi connectivity index (χ0v) is 12.9. The molecule has 0 atom stereocenters. The lowest BCUT2D eigenvalue weighted by atomic mass is 10.3. The normalized spacial score (nSPS) is 11.6. The molecule has 4 nitrogen and oxygen atoms in total. The lowest BCUT2D eigenvalue weighted by Crippen LogP contribution is -2.08. The summed E-state index contributed by atoms with van der Waals surface area (Å²) in [6.45, 7) is 5.85. The van der Waals surface area contributed by atoms with Gasteiger partial charge in [0.05, 0.1) is 6.10 Å². The second kappa shape index (κ2) is 7.60. The SMILES string of the molecule is CC(C)OCCCCn1c(CCCl)nc2cccnc21. The number of rotatable bonds is 8. The van der Waals surface area contributed by atoms with E-state index in [4.69, 9.17) is 16.3 Å². The van der Waals surface area contributed by atoms with Crippen LogP contribution in [0.25, 0.3) is 11.2 Å². The fourth-order valence-electron chi connectivity index (χ4n) is 2.21. The van der Waals surface area contributed by atoms with Crippen LogP contribution in [0.5, 0.6) is 0 Å². The Morgan fingerprint density at radius 3 is 2.95 bits per heavy atom. The molecule has 0 aliphatic heterocycles. The standard InChI is InChI=1S/C15H22ClN3O/c1-12(2)20-11-4-3-10-19-14(7-8-16)18-13-6-5-9-17-15(13)19/h5-6,9,12H,3-4,7-8,10-11H2,1-2H3. The number of aromatic nitrogens is 3. The Bertz CT molecular complexity index is 539. The van der Waals surface area contributed by atoms with Gasteiger partial charge in [0.1, 0.15) is 11.3 Å². The summed E-state index contributed by atoms with van der Waals surface area (Å²) in [7, 11) is 0. The summed E-state index contributed by atoms with van der Waals surface area (Å²) in [6, 6.07) is 3.92. The van der Waals surface area contributed by atoms with E-state index in [1.165, 1.54) is 0 Å². The highest BCUT2D eigenvalue weighted by Crippen LogP contribution is 2.15. The minimum absolute atomic E-state index is 0.303. The van der Waals surface area contributed by atoms with Crippen molar-refractivity contribution in [2.24, 2.45) is 0 Å². The zero-order chi connectivity index (χ0) is 14.4. The quantitative estimate of drug-likeness (QED) is 0.553. The Kier molecular flexibility index (Phi) is 5.80. The lowest BCUT2D eigenvalue weighted by Gasteiger charge is -2.09. The summed E-state index contributed by atoms with van der Waals surface area (Å²) in [5.41, 5.74) is 1.91. The topological polar surface area (TPSA) is 39.9 Å². The van der Waals surface area contributed by atoms with E-state index in [1.54, 1.807) is 0 Å². The maximum absolute atomic E-state index is 5.86. The zero-order valence-electron chi connectivity index (χ0n) is 12.2. The lowest BCUT2D eigenvalue weighted by molar-refractivity contribution is 0.0754. The van der Waals surface area contributed by atoms with Crippen molar-refractivity contribution in [3.8, 4) is 0 Å². The van der Waals surface area contributed by atoms with Crippen molar-refractivity contribution in [3.05, 3.63) is 24.2 Å². The number of hydrogen-bond donors (Lipinski definition) is 0. The molecule has 0 saturated heterocycles. The van der Waals surface area contributed by atoms with Crippen molar-refractivity contribution in [1.82, 2.24) is 14.5 Å². The van der Waals surface area contributed by atoms with Crippen molar-refractivity contribution in [2.75, 3.05) is 12.5 Å². The van der Waals surface area contributed by atoms with Crippen LogP contribution in [0.3, 0.4) is 0 Å². The molecule has 110 valence electrons. The first kappa shape index (κ1) is 15.3. The molecule has 2 aromatic heterocycles. The molecule has 0 aliphatic carbocycles. The second-order valence-corrected chi connectivity index (χ2v) is 5.47. The van der Waals surface area contributed by atoms with Gasteiger partial charge >= 0.3 is 0 Å². The Labute approximate surface area is 125 Å². The first-order chi connectivity index (χ1) is 9.72. The number of pyridine rings is 1. The molecule has 0 N–H and O–H groups in total. The maximum Gasteiger partial charge on any atom is 0.159 e. The average Bonchev–Trinajstić information content (AvgIpc) is 2.76. The molecule has 20 heavy (non-hydrogen) atoms. The highest BCUT2D eigenvalue weighted by molar-refractivity contribution is 6.17. The third-order valence-corrected chi connectivity index (χ3v) is 3.32. The van der Waals surface area contributed by atoms with Crippen LogP contribution in [-0.2, 0) is 17.7 Å². The van der Waals surface area contributed by atoms with Crippen LogP contribution >= 0.6 is 11.6 Å². The maximum atomic E-state index is 5.86. The number of ether oxygens (including phenoxy) is 1. The Balaban J connectivity index is 2.01. The van der Waals surface area contributed by atoms with Crippen LogP contribution in [0.15, 0.2) is 18.3 Å². The summed E-state index contributed by atoms with van der Waals surface area (Å²) < 4.78 is 7.75. The van der Waals surface area contributed by atoms with Gasteiger partial charge in [-0.15, -0.1) is 11.6 Å². The third-order valence-electron chi connectivity index (χ3n) is 3.13. The van der Waals surface area contributed by atoms with Crippen LogP contribution < -0.4 is 0 Å². The van der Waals surface area contributed by atoms with E-state index in [0.29, 0.717) is 12.0 Å². The van der Waals surface area contributed by atoms with Crippen LogP contribution in [0, 0.1) is 0 Å². The number of unbranched alkanes of at least 4 members (excludes halogenated alkanes) is 1. The molecule has 0 radical (unpaired) electrons. The minimum Gasteiger partial charge on any atom is -0.379 e. The van der Waals surface area contributed by atoms with Crippen molar-refractivity contribution >= 4 is 22.8 Å². The van der Waals surface area contributed by atoms with Crippen molar-refractivity contribution in [2.45, 2.75) is 45.8 Å². The number of alkyl halides is 1. The molecular formula is C15H22ClN3O. The molecule has 2 rings (SSSR count). The summed E-state index contributed by atoms with van der Waals surface area (Å²) in [5.74, 6) is 1.61. The molecular weight excluding hydrogens is 274 g/mol. The van der Waals surface area contributed by atoms with E-state index in [2.05, 4.69) is 28.4 Å². The number of imidazole rings is 1. The van der Waals surface area contributed by atoms with Gasteiger partial charge in [0.15, 0.2) is 5.65 Å². The first-order valence-corrected chi connectivity index (χ1v) is 7.73. The highest BCUT2D eigenvalue weighted by Gasteiger charge is 2.10. The number of fused-ring (bicyclic) bond motifs is 1. The number of hydrogen-bond acceptors (Lipinski definition) is 3. The molecule has 0 bridgehead atoms. The van der Waals surface area contributed by atoms with Gasteiger partial charge in [0.2, 0.25) is 0 Å². The molecule has 2 heterocycles. The van der Waals surface area contributed by atoms with Gasteiger partial charge in [-0.05, 0) is 38.8 Å². The van der Waals surface area contributed by atoms with Gasteiger partial charge in [0.25, 0.3) is 0 Å². The van der Waals surface area contributed by atoms with Crippen LogP contribution in [0.4, 0.5) is 0 Å². The van der Waals surface area contributed by atoms with Crippen molar-refractivity contribution < 1.29 is 4.74 Å². The van der Waals surface area contributed by atoms with E-state index < -0.39 is 0 Å². The molecule has 0 unspecified atom stereocenters. The molecule has 0 aromatic carbocycles. The second-order valence-electron chi connectivity index (χ2n) is 5.09. The third kappa shape index (κ3) is 3.93. The van der Waals surface area contributed by atoms with E-state index >= 15 is 0 Å². The summed E-state index contributed by atoms with van der Waals surface area (Å²) >= 11 is 5.86. The Morgan fingerprint density at radius 2 is 2.20 bits per heavy atom. The summed E-state index contributed by atoms with van der Waals surface area (Å²) in [5, 5.41) is 0. The molecule has 0 saturated carbocycles. The first-order valence-electron chi connectivity index (χ1n) is 7.20. The fraction of sp³-hybridized carbons (Fsp3) is 0.600. The van der Waals surface area contributed by atoms with Crippen molar-refractivity contribution in [3.63, 3.8) is 0 Å². The van der Waals surface area contributed by atoms with E-state index in [1.807, 2.05) is 18.3 Å². The predicted molar refractivity (Wildman–Crippen MR) is 82.3 cm³/mol. The van der Waals surface area contributed by atoms with Gasteiger partial charge < -0.3 is 9.30 Å². The van der Waals surface area contributed by atoms with E-state index in [9.17, 15) is 0 Å². The van der Waals surface area contributed by atoms with Crippen LogP contribution in [-0.4, -0.2) is 33.1 Å². The monoisotopic (exact) mass is 295 g/mol. The van der Waals surface area contributed by atoms with E-state index in [0.717, 1.165) is 49.4 Å². The number of aryl methyl sites for hydroxylation is 2. The molecule has 5 heteroatoms. The average molecular weight is 296 g/mol. The summed E-state index contributed by atoms with van der Waals surface area (Å²) in [6.07, 6.45) is 5.00. The van der Waals surface area contributed by atoms with Crippen molar-refractivity contribution in [1.29, 1.82) is 0 Å². The number of halogens is 1. The van der Waals surface area contributed by atoms with Gasteiger partial charge in [-0.3, -0.25) is 0 Å². The molecule has 0 aliphatic rings. The Morgan fingerprint density at radius 1 is 1.35 bits per heavy atom. The molecule has 0 spiro atoms. The minimum atomic E-state index is 0.303. The van der Waals surface area contributed by atoms with E-state index in [-0.39, 0.29) is 0 Å². The number of nitrogens with zero attached hydrogens (tertiary/aromatic N) is 3. The van der Waals surface area contributed by atoms with Gasteiger partial charge in [0, 0.05) is 31.6 Å². The van der Waals surface area contributed by atoms with Crippen LogP contribution in [0.1, 0.15) is 32.5 Å². The van der Waals surface area contributed by atoms with Gasteiger partial charge in [-0.1, -0.05) is 0 Å². The summed E-state index contributed by atoms with van der Waals surface area (Å²) in [4.78, 5) is 9.05. The molecule has 0 fully saturated rings. The Hall–Kier alpha value is -1.13. The van der Waals surface area contributed by atoms with Gasteiger partial charge in [-0.2, -0.15) is 0 Å². The highest BCUT2D eigenvalue weighted by atomic mass is 35.5. The molecule has 2 aromatic rings. The molecule has 0 amide bonds. The largest absolute Gasteiger partial charge is 0.379 e. The van der Waals surface area contributed by atoms with Gasteiger partial charge in [-0.25, -0.2) is 9.97 Å². The fourth-order valence-corrected chi connectivity index (χ4v) is 2.38.